The van der Waals surface area contributed by atoms with Crippen LogP contribution >= 0.6 is 0 Å². The smallest absolute Gasteiger partial charge is 0.269 e. The predicted octanol–water partition coefficient (Wildman–Crippen LogP) is 5.17. The first-order valence-electron chi connectivity index (χ1n) is 7.57. The molecule has 2 heterocycles. The molecule has 6 nitrogen and oxygen atoms in total. The molecule has 2 aromatic carbocycles. The van der Waals surface area contributed by atoms with Gasteiger partial charge in [0.25, 0.3) is 5.69 Å². The Balaban J connectivity index is 1.55. The average Bonchev–Trinajstić information content (AvgIpc) is 3.26. The average molecular weight is 332 g/mol. The van der Waals surface area contributed by atoms with Gasteiger partial charge in [0.15, 0.2) is 5.58 Å². The van der Waals surface area contributed by atoms with E-state index in [9.17, 15) is 10.1 Å². The fraction of sp³-hybridized carbons (Fsp3) is 0. The molecule has 0 aliphatic carbocycles. The molecule has 0 fully saturated rings. The molecule has 0 amide bonds. The lowest BCUT2D eigenvalue weighted by atomic mass is 10.1. The fourth-order valence-corrected chi connectivity index (χ4v) is 2.46. The highest BCUT2D eigenvalue weighted by atomic mass is 16.6. The van der Waals surface area contributed by atoms with Crippen LogP contribution in [0.5, 0.6) is 0 Å². The quantitative estimate of drug-likeness (QED) is 0.380. The summed E-state index contributed by atoms with van der Waals surface area (Å²) in [6, 6.07) is 17.4. The van der Waals surface area contributed by atoms with E-state index in [0.717, 1.165) is 16.7 Å². The molecular weight excluding hydrogens is 320 g/mol. The molecule has 2 aromatic heterocycles. The third-order valence-electron chi connectivity index (χ3n) is 3.69. The van der Waals surface area contributed by atoms with Crippen molar-refractivity contribution < 1.29 is 13.8 Å². The van der Waals surface area contributed by atoms with E-state index in [-0.39, 0.29) is 5.69 Å². The van der Waals surface area contributed by atoms with Crippen LogP contribution in [0.4, 0.5) is 5.69 Å². The van der Waals surface area contributed by atoms with Crippen LogP contribution in [-0.4, -0.2) is 9.91 Å². The Morgan fingerprint density at radius 1 is 0.920 bits per heavy atom. The topological polar surface area (TPSA) is 82.3 Å². The van der Waals surface area contributed by atoms with Gasteiger partial charge in [0.2, 0.25) is 5.89 Å². The van der Waals surface area contributed by atoms with Crippen molar-refractivity contribution in [1.82, 2.24) is 4.98 Å². The van der Waals surface area contributed by atoms with Crippen molar-refractivity contribution >= 4 is 28.9 Å². The van der Waals surface area contributed by atoms with Crippen LogP contribution in [0.2, 0.25) is 0 Å². The number of oxazole rings is 1. The molecule has 4 rings (SSSR count). The zero-order valence-electron chi connectivity index (χ0n) is 13.0. The van der Waals surface area contributed by atoms with Gasteiger partial charge in [-0.15, -0.1) is 0 Å². The second-order valence-corrected chi connectivity index (χ2v) is 5.36. The van der Waals surface area contributed by atoms with Crippen LogP contribution in [0.25, 0.3) is 34.6 Å². The van der Waals surface area contributed by atoms with Crippen LogP contribution in [0, 0.1) is 10.1 Å². The molecule has 0 unspecified atom stereocenters. The van der Waals surface area contributed by atoms with Crippen molar-refractivity contribution in [2.45, 2.75) is 0 Å². The third kappa shape index (κ3) is 3.05. The molecule has 0 aliphatic heterocycles. The Morgan fingerprint density at radius 2 is 1.72 bits per heavy atom. The molecule has 4 aromatic rings. The van der Waals surface area contributed by atoms with Gasteiger partial charge >= 0.3 is 0 Å². The summed E-state index contributed by atoms with van der Waals surface area (Å²) < 4.78 is 11.4. The first-order valence-corrected chi connectivity index (χ1v) is 7.57. The molecule has 0 saturated heterocycles. The maximum absolute atomic E-state index is 10.7. The molecule has 0 N–H and O–H groups in total. The molecule has 0 aliphatic rings. The molecule has 6 heteroatoms. The normalized spacial score (nSPS) is 11.4. The number of nitrogens with zero attached hydrogens (tertiary/aromatic N) is 2. The Hall–Kier alpha value is -3.67. The van der Waals surface area contributed by atoms with E-state index < -0.39 is 4.92 Å². The summed E-state index contributed by atoms with van der Waals surface area (Å²) in [6.45, 7) is 0. The Bertz CT molecular complexity index is 1040. The van der Waals surface area contributed by atoms with Crippen LogP contribution < -0.4 is 0 Å². The summed E-state index contributed by atoms with van der Waals surface area (Å²) in [5, 5.41) is 10.7. The molecule has 0 saturated carbocycles. The van der Waals surface area contributed by atoms with Crippen LogP contribution in [0.1, 0.15) is 11.7 Å². The molecule has 0 atom stereocenters. The van der Waals surface area contributed by atoms with E-state index in [2.05, 4.69) is 4.98 Å². The van der Waals surface area contributed by atoms with Gasteiger partial charge in [-0.25, -0.2) is 4.98 Å². The highest BCUT2D eigenvalue weighted by molar-refractivity contribution is 5.75. The summed E-state index contributed by atoms with van der Waals surface area (Å²) in [5.74, 6) is 1.76. The number of fused-ring (bicyclic) bond motifs is 1. The summed E-state index contributed by atoms with van der Waals surface area (Å²) in [7, 11) is 0. The molecule has 0 spiro atoms. The van der Waals surface area contributed by atoms with E-state index in [1.807, 2.05) is 36.4 Å². The number of furan rings is 1. The molecule has 122 valence electrons. The summed E-state index contributed by atoms with van der Waals surface area (Å²) in [6.07, 6.45) is 3.50. The number of aromatic nitrogens is 1. The highest BCUT2D eigenvalue weighted by Gasteiger charge is 2.08. The number of nitro groups is 1. The molecular formula is C19H12N2O4. The van der Waals surface area contributed by atoms with Gasteiger partial charge in [-0.1, -0.05) is 12.1 Å². The van der Waals surface area contributed by atoms with Crippen molar-refractivity contribution in [3.63, 3.8) is 0 Å². The lowest BCUT2D eigenvalue weighted by Gasteiger charge is -1.96. The lowest BCUT2D eigenvalue weighted by molar-refractivity contribution is -0.384. The molecule has 0 radical (unpaired) electrons. The Labute approximate surface area is 142 Å². The monoisotopic (exact) mass is 332 g/mol. The van der Waals surface area contributed by atoms with E-state index >= 15 is 0 Å². The number of nitro benzene ring substituents is 1. The van der Waals surface area contributed by atoms with Crippen LogP contribution in [0.3, 0.4) is 0 Å². The molecule has 25 heavy (non-hydrogen) atoms. The maximum atomic E-state index is 10.7. The fourth-order valence-electron chi connectivity index (χ4n) is 2.46. The van der Waals surface area contributed by atoms with Crippen molar-refractivity contribution in [2.24, 2.45) is 0 Å². The third-order valence-corrected chi connectivity index (χ3v) is 3.69. The molecule has 0 bridgehead atoms. The summed E-state index contributed by atoms with van der Waals surface area (Å²) >= 11 is 0. The second-order valence-electron chi connectivity index (χ2n) is 5.36. The van der Waals surface area contributed by atoms with Gasteiger partial charge < -0.3 is 8.83 Å². The van der Waals surface area contributed by atoms with Gasteiger partial charge in [0.05, 0.1) is 4.92 Å². The van der Waals surface area contributed by atoms with Gasteiger partial charge in [0, 0.05) is 23.8 Å². The maximum Gasteiger partial charge on any atom is 0.269 e. The number of non-ortho nitro benzene ring substituents is 1. The number of benzene rings is 2. The first-order chi connectivity index (χ1) is 12.2. The number of hydrogen-bond donors (Lipinski definition) is 0. The van der Waals surface area contributed by atoms with Crippen molar-refractivity contribution in [2.75, 3.05) is 0 Å². The van der Waals surface area contributed by atoms with E-state index in [4.69, 9.17) is 8.83 Å². The summed E-state index contributed by atoms with van der Waals surface area (Å²) in [4.78, 5) is 14.6. The first kappa shape index (κ1) is 14.9. The zero-order chi connectivity index (χ0) is 17.2. The predicted molar refractivity (Wildman–Crippen MR) is 93.7 cm³/mol. The van der Waals surface area contributed by atoms with Crippen molar-refractivity contribution in [3.05, 3.63) is 82.4 Å². The standard InChI is InChI=1S/C19H12N2O4/c22-21(23)14-7-5-13(6-8-14)17-11-9-15(24-17)10-12-19-20-16-3-1-2-4-18(16)25-19/h1-12H. The van der Waals surface area contributed by atoms with Crippen molar-refractivity contribution in [3.8, 4) is 11.3 Å². The lowest BCUT2D eigenvalue weighted by Crippen LogP contribution is -1.86. The minimum atomic E-state index is -0.430. The Kier molecular flexibility index (Phi) is 3.63. The second kappa shape index (κ2) is 6.09. The van der Waals surface area contributed by atoms with Crippen LogP contribution in [0.15, 0.2) is 69.5 Å². The zero-order valence-corrected chi connectivity index (χ0v) is 13.0. The number of para-hydroxylation sites is 2. The summed E-state index contributed by atoms with van der Waals surface area (Å²) in [5.41, 5.74) is 2.35. The SMILES string of the molecule is O=[N+]([O-])c1ccc(-c2ccc(C=Cc3nc4ccccc4o3)o2)cc1. The van der Waals surface area contributed by atoms with E-state index in [0.29, 0.717) is 17.4 Å². The van der Waals surface area contributed by atoms with Gasteiger partial charge in [0.1, 0.15) is 17.0 Å². The van der Waals surface area contributed by atoms with E-state index in [1.165, 1.54) is 12.1 Å². The van der Waals surface area contributed by atoms with Crippen LogP contribution in [-0.2, 0) is 0 Å². The van der Waals surface area contributed by atoms with Gasteiger partial charge in [-0.2, -0.15) is 0 Å². The van der Waals surface area contributed by atoms with Gasteiger partial charge in [-0.05, 0) is 42.5 Å². The number of hydrogen-bond acceptors (Lipinski definition) is 5. The van der Waals surface area contributed by atoms with Gasteiger partial charge in [-0.3, -0.25) is 10.1 Å². The Morgan fingerprint density at radius 3 is 2.48 bits per heavy atom. The minimum absolute atomic E-state index is 0.0476. The number of rotatable bonds is 4. The minimum Gasteiger partial charge on any atom is -0.457 e. The van der Waals surface area contributed by atoms with E-state index in [1.54, 1.807) is 24.3 Å². The van der Waals surface area contributed by atoms with Crippen molar-refractivity contribution in [1.29, 1.82) is 0 Å². The highest BCUT2D eigenvalue weighted by Crippen LogP contribution is 2.25. The largest absolute Gasteiger partial charge is 0.457 e.